The fraction of sp³-hybridized carbons (Fsp3) is 0.417. The van der Waals surface area contributed by atoms with Gasteiger partial charge in [-0.25, -0.2) is 4.79 Å². The molecule has 86 valence electrons. The van der Waals surface area contributed by atoms with Gasteiger partial charge >= 0.3 is 6.03 Å². The van der Waals surface area contributed by atoms with E-state index in [2.05, 4.69) is 17.4 Å². The first-order valence-electron chi connectivity index (χ1n) is 5.61. The van der Waals surface area contributed by atoms with Gasteiger partial charge in [-0.05, 0) is 17.5 Å². The van der Waals surface area contributed by atoms with Gasteiger partial charge in [0.05, 0.1) is 0 Å². The minimum Gasteiger partial charge on any atom is -0.337 e. The molecule has 1 heterocycles. The summed E-state index contributed by atoms with van der Waals surface area (Å²) in [6, 6.07) is 8.26. The summed E-state index contributed by atoms with van der Waals surface area (Å²) in [6.45, 7) is 2.51. The molecule has 2 amide bonds. The normalized spacial score (nSPS) is 14.4. The zero-order valence-corrected chi connectivity index (χ0v) is 9.28. The van der Waals surface area contributed by atoms with Crippen LogP contribution in [0, 0.1) is 0 Å². The Morgan fingerprint density at radius 2 is 2.12 bits per heavy atom. The van der Waals surface area contributed by atoms with Crippen LogP contribution in [-0.4, -0.2) is 30.6 Å². The topological polar surface area (TPSA) is 58.4 Å². The lowest BCUT2D eigenvalue weighted by Crippen LogP contribution is -2.44. The molecule has 4 heteroatoms. The number of hydrogen-bond donors (Lipinski definition) is 2. The van der Waals surface area contributed by atoms with Crippen LogP contribution in [0.3, 0.4) is 0 Å². The van der Waals surface area contributed by atoms with Gasteiger partial charge in [-0.2, -0.15) is 0 Å². The molecule has 0 unspecified atom stereocenters. The van der Waals surface area contributed by atoms with Gasteiger partial charge in [0.2, 0.25) is 0 Å². The molecule has 0 atom stereocenters. The first-order valence-corrected chi connectivity index (χ1v) is 5.61. The zero-order chi connectivity index (χ0) is 11.4. The molecule has 0 saturated carbocycles. The number of rotatable bonds is 2. The number of carbonyl (C=O) groups is 1. The molecular formula is C12H17N3O. The van der Waals surface area contributed by atoms with E-state index in [-0.39, 0.29) is 6.03 Å². The number of nitrogens with one attached hydrogen (secondary N) is 1. The molecule has 1 aromatic carbocycles. The van der Waals surface area contributed by atoms with Crippen LogP contribution < -0.4 is 11.1 Å². The van der Waals surface area contributed by atoms with Gasteiger partial charge < -0.3 is 16.0 Å². The van der Waals surface area contributed by atoms with Crippen LogP contribution in [0.4, 0.5) is 4.79 Å². The summed E-state index contributed by atoms with van der Waals surface area (Å²) in [4.78, 5) is 13.6. The van der Waals surface area contributed by atoms with E-state index in [1.54, 1.807) is 0 Å². The number of hydrogen-bond acceptors (Lipinski definition) is 2. The third-order valence-corrected chi connectivity index (χ3v) is 2.84. The Morgan fingerprint density at radius 3 is 2.88 bits per heavy atom. The largest absolute Gasteiger partial charge is 0.337 e. The van der Waals surface area contributed by atoms with Crippen LogP contribution >= 0.6 is 0 Å². The van der Waals surface area contributed by atoms with Crippen molar-refractivity contribution in [1.29, 1.82) is 0 Å². The highest BCUT2D eigenvalue weighted by molar-refractivity contribution is 5.74. The van der Waals surface area contributed by atoms with Crippen molar-refractivity contribution in [3.63, 3.8) is 0 Å². The van der Waals surface area contributed by atoms with Gasteiger partial charge in [-0.3, -0.25) is 0 Å². The van der Waals surface area contributed by atoms with E-state index < -0.39 is 0 Å². The Balaban J connectivity index is 1.99. The Labute approximate surface area is 95.4 Å². The molecule has 16 heavy (non-hydrogen) atoms. The number of carbonyl (C=O) groups excluding carboxylic acids is 1. The lowest BCUT2D eigenvalue weighted by Gasteiger charge is -2.28. The second-order valence-corrected chi connectivity index (χ2v) is 3.96. The highest BCUT2D eigenvalue weighted by Crippen LogP contribution is 2.18. The maximum atomic E-state index is 11.7. The van der Waals surface area contributed by atoms with Crippen LogP contribution in [0.25, 0.3) is 0 Å². The van der Waals surface area contributed by atoms with Crippen molar-refractivity contribution < 1.29 is 4.79 Å². The van der Waals surface area contributed by atoms with Crippen LogP contribution in [0.2, 0.25) is 0 Å². The Bertz CT molecular complexity index is 378. The van der Waals surface area contributed by atoms with Crippen LogP contribution in [-0.2, 0) is 13.0 Å². The van der Waals surface area contributed by atoms with Crippen molar-refractivity contribution in [2.24, 2.45) is 5.73 Å². The highest BCUT2D eigenvalue weighted by Gasteiger charge is 2.19. The van der Waals surface area contributed by atoms with E-state index in [0.717, 1.165) is 13.0 Å². The molecule has 1 aromatic rings. The summed E-state index contributed by atoms with van der Waals surface area (Å²) in [7, 11) is 0. The van der Waals surface area contributed by atoms with Gasteiger partial charge in [0.15, 0.2) is 0 Å². The van der Waals surface area contributed by atoms with Crippen molar-refractivity contribution in [3.05, 3.63) is 35.4 Å². The molecule has 4 nitrogen and oxygen atoms in total. The number of nitrogens with two attached hydrogens (primary N) is 1. The summed E-state index contributed by atoms with van der Waals surface area (Å²) >= 11 is 0. The molecule has 0 saturated heterocycles. The summed E-state index contributed by atoms with van der Waals surface area (Å²) < 4.78 is 0. The maximum Gasteiger partial charge on any atom is 0.317 e. The molecule has 3 N–H and O–H groups in total. The SMILES string of the molecule is NCCNC(=O)N1CCc2ccccc2C1. The van der Waals surface area contributed by atoms with Gasteiger partial charge in [0.25, 0.3) is 0 Å². The smallest absolute Gasteiger partial charge is 0.317 e. The molecule has 0 aliphatic carbocycles. The highest BCUT2D eigenvalue weighted by atomic mass is 16.2. The molecular weight excluding hydrogens is 202 g/mol. The number of nitrogens with zero attached hydrogens (tertiary/aromatic N) is 1. The first kappa shape index (κ1) is 11.0. The Hall–Kier alpha value is -1.55. The number of fused-ring (bicyclic) bond motifs is 1. The molecule has 0 radical (unpaired) electrons. The lowest BCUT2D eigenvalue weighted by atomic mass is 10.0. The fourth-order valence-corrected chi connectivity index (χ4v) is 1.96. The average molecular weight is 219 g/mol. The van der Waals surface area contributed by atoms with Gasteiger partial charge in [-0.15, -0.1) is 0 Å². The van der Waals surface area contributed by atoms with Crippen LogP contribution in [0.1, 0.15) is 11.1 Å². The van der Waals surface area contributed by atoms with Crippen molar-refractivity contribution in [3.8, 4) is 0 Å². The van der Waals surface area contributed by atoms with Crippen molar-refractivity contribution >= 4 is 6.03 Å². The molecule has 0 spiro atoms. The zero-order valence-electron chi connectivity index (χ0n) is 9.28. The minimum atomic E-state index is -0.0139. The molecule has 1 aliphatic rings. The van der Waals surface area contributed by atoms with E-state index in [0.29, 0.717) is 19.6 Å². The standard InChI is InChI=1S/C12H17N3O/c13-6-7-14-12(16)15-8-5-10-3-1-2-4-11(10)9-15/h1-4H,5-9,13H2,(H,14,16). The van der Waals surface area contributed by atoms with Gasteiger partial charge in [0, 0.05) is 26.2 Å². The van der Waals surface area contributed by atoms with E-state index in [9.17, 15) is 4.79 Å². The summed E-state index contributed by atoms with van der Waals surface area (Å²) in [5.41, 5.74) is 7.95. The number of benzene rings is 1. The first-order chi connectivity index (χ1) is 7.81. The van der Waals surface area contributed by atoms with Crippen molar-refractivity contribution in [2.45, 2.75) is 13.0 Å². The molecule has 0 bridgehead atoms. The van der Waals surface area contributed by atoms with E-state index >= 15 is 0 Å². The number of urea groups is 1. The van der Waals surface area contributed by atoms with E-state index in [1.165, 1.54) is 11.1 Å². The van der Waals surface area contributed by atoms with Gasteiger partial charge in [0.1, 0.15) is 0 Å². The maximum absolute atomic E-state index is 11.7. The van der Waals surface area contributed by atoms with Crippen molar-refractivity contribution in [1.82, 2.24) is 10.2 Å². The Kier molecular flexibility index (Phi) is 3.41. The van der Waals surface area contributed by atoms with Crippen LogP contribution in [0.5, 0.6) is 0 Å². The van der Waals surface area contributed by atoms with Crippen LogP contribution in [0.15, 0.2) is 24.3 Å². The predicted molar refractivity (Wildman–Crippen MR) is 63.0 cm³/mol. The van der Waals surface area contributed by atoms with Crippen molar-refractivity contribution in [2.75, 3.05) is 19.6 Å². The quantitative estimate of drug-likeness (QED) is 0.769. The van der Waals surface area contributed by atoms with Gasteiger partial charge in [-0.1, -0.05) is 24.3 Å². The third kappa shape index (κ3) is 2.33. The fourth-order valence-electron chi connectivity index (χ4n) is 1.96. The lowest BCUT2D eigenvalue weighted by molar-refractivity contribution is 0.192. The Morgan fingerprint density at radius 1 is 1.38 bits per heavy atom. The number of amides is 2. The second kappa shape index (κ2) is 4.99. The monoisotopic (exact) mass is 219 g/mol. The third-order valence-electron chi connectivity index (χ3n) is 2.84. The average Bonchev–Trinajstić information content (AvgIpc) is 2.35. The van der Waals surface area contributed by atoms with E-state index in [4.69, 9.17) is 5.73 Å². The summed E-state index contributed by atoms with van der Waals surface area (Å²) in [6.07, 6.45) is 0.937. The second-order valence-electron chi connectivity index (χ2n) is 3.96. The predicted octanol–water partition coefficient (Wildman–Crippen LogP) is 0.713. The molecule has 0 fully saturated rings. The molecule has 0 aromatic heterocycles. The summed E-state index contributed by atoms with van der Waals surface area (Å²) in [5, 5.41) is 2.79. The minimum absolute atomic E-state index is 0.0139. The molecule has 1 aliphatic heterocycles. The van der Waals surface area contributed by atoms with E-state index in [1.807, 2.05) is 17.0 Å². The summed E-state index contributed by atoms with van der Waals surface area (Å²) in [5.74, 6) is 0. The molecule has 2 rings (SSSR count).